The van der Waals surface area contributed by atoms with E-state index in [9.17, 15) is 0 Å². The Labute approximate surface area is 109 Å². The fourth-order valence-corrected chi connectivity index (χ4v) is 1.88. The van der Waals surface area contributed by atoms with Crippen LogP contribution >= 0.6 is 15.9 Å². The number of halogens is 1. The molecule has 0 radical (unpaired) electrons. The molecule has 3 nitrogen and oxygen atoms in total. The minimum absolute atomic E-state index is 0.0914. The summed E-state index contributed by atoms with van der Waals surface area (Å²) in [5.41, 5.74) is 2.12. The lowest BCUT2D eigenvalue weighted by Crippen LogP contribution is -2.12. The molecule has 0 saturated carbocycles. The van der Waals surface area contributed by atoms with E-state index in [1.165, 1.54) is 5.56 Å². The maximum absolute atomic E-state index is 8.92. The van der Waals surface area contributed by atoms with E-state index >= 15 is 0 Å². The summed E-state index contributed by atoms with van der Waals surface area (Å²) in [7, 11) is 0. The molecule has 0 bridgehead atoms. The van der Waals surface area contributed by atoms with Crippen molar-refractivity contribution in [1.29, 1.82) is 0 Å². The minimum Gasteiger partial charge on any atom is -0.453 e. The van der Waals surface area contributed by atoms with Crippen LogP contribution in [0.5, 0.6) is 0 Å². The van der Waals surface area contributed by atoms with Crippen molar-refractivity contribution in [1.82, 2.24) is 5.32 Å². The lowest BCUT2D eigenvalue weighted by atomic mass is 10.1. The van der Waals surface area contributed by atoms with Crippen molar-refractivity contribution < 1.29 is 9.52 Å². The summed E-state index contributed by atoms with van der Waals surface area (Å²) < 4.78 is 6.13. The van der Waals surface area contributed by atoms with Gasteiger partial charge in [-0.25, -0.2) is 0 Å². The van der Waals surface area contributed by atoms with Crippen molar-refractivity contribution in [3.63, 3.8) is 0 Å². The van der Waals surface area contributed by atoms with Gasteiger partial charge in [-0.1, -0.05) is 24.3 Å². The van der Waals surface area contributed by atoms with Gasteiger partial charge in [0.25, 0.3) is 0 Å². The third kappa shape index (κ3) is 3.70. The molecule has 1 aromatic carbocycles. The van der Waals surface area contributed by atoms with Crippen LogP contribution in [0.25, 0.3) is 0 Å². The van der Waals surface area contributed by atoms with E-state index in [0.29, 0.717) is 6.54 Å². The molecule has 0 saturated heterocycles. The van der Waals surface area contributed by atoms with Gasteiger partial charge in [0.2, 0.25) is 0 Å². The molecule has 2 rings (SSSR count). The summed E-state index contributed by atoms with van der Waals surface area (Å²) in [6.07, 6.45) is 0. The Kier molecular flexibility index (Phi) is 4.36. The molecular formula is C13H14BrNO2. The van der Waals surface area contributed by atoms with Crippen LogP contribution in [0.3, 0.4) is 0 Å². The highest BCUT2D eigenvalue weighted by Crippen LogP contribution is 2.13. The molecule has 0 aliphatic rings. The van der Waals surface area contributed by atoms with E-state index in [0.717, 1.165) is 22.5 Å². The van der Waals surface area contributed by atoms with Crippen molar-refractivity contribution in [2.75, 3.05) is 0 Å². The van der Waals surface area contributed by atoms with Gasteiger partial charge in [0.15, 0.2) is 4.67 Å². The standard InChI is InChI=1S/C13H14BrNO2/c14-13-6-5-12(17-13)8-15-7-10-1-3-11(9-16)4-2-10/h1-6,15-16H,7-9H2. The molecule has 0 aliphatic heterocycles. The lowest BCUT2D eigenvalue weighted by Gasteiger charge is -2.04. The first-order chi connectivity index (χ1) is 8.28. The Morgan fingerprint density at radius 3 is 2.29 bits per heavy atom. The average molecular weight is 296 g/mol. The molecule has 0 spiro atoms. The molecule has 2 aromatic rings. The van der Waals surface area contributed by atoms with E-state index in [-0.39, 0.29) is 6.61 Å². The molecule has 4 heteroatoms. The molecule has 0 atom stereocenters. The molecular weight excluding hydrogens is 282 g/mol. The number of aliphatic hydroxyl groups excluding tert-OH is 1. The second-order valence-corrected chi connectivity index (χ2v) is 4.57. The number of rotatable bonds is 5. The van der Waals surface area contributed by atoms with Gasteiger partial charge in [-0.3, -0.25) is 0 Å². The molecule has 2 N–H and O–H groups in total. The topological polar surface area (TPSA) is 45.4 Å². The molecule has 0 aliphatic carbocycles. The van der Waals surface area contributed by atoms with Crippen LogP contribution < -0.4 is 5.32 Å². The van der Waals surface area contributed by atoms with Gasteiger partial charge in [0.1, 0.15) is 5.76 Å². The van der Waals surface area contributed by atoms with Gasteiger partial charge in [-0.15, -0.1) is 0 Å². The van der Waals surface area contributed by atoms with E-state index in [2.05, 4.69) is 21.2 Å². The van der Waals surface area contributed by atoms with Crippen LogP contribution in [0.2, 0.25) is 0 Å². The Hall–Kier alpha value is -1.10. The summed E-state index contributed by atoms with van der Waals surface area (Å²) >= 11 is 3.27. The Bertz CT molecular complexity index is 465. The van der Waals surface area contributed by atoms with Crippen molar-refractivity contribution in [3.8, 4) is 0 Å². The number of furan rings is 1. The second kappa shape index (κ2) is 6.00. The first kappa shape index (κ1) is 12.4. The fraction of sp³-hybridized carbons (Fsp3) is 0.231. The number of benzene rings is 1. The third-order valence-electron chi connectivity index (χ3n) is 2.46. The zero-order valence-corrected chi connectivity index (χ0v) is 10.9. The maximum atomic E-state index is 8.92. The number of hydrogen-bond donors (Lipinski definition) is 2. The van der Waals surface area contributed by atoms with Crippen LogP contribution in [-0.2, 0) is 19.7 Å². The van der Waals surface area contributed by atoms with Crippen molar-refractivity contribution >= 4 is 15.9 Å². The highest BCUT2D eigenvalue weighted by atomic mass is 79.9. The summed E-state index contributed by atoms with van der Waals surface area (Å²) in [5, 5.41) is 12.2. The molecule has 0 unspecified atom stereocenters. The highest BCUT2D eigenvalue weighted by molar-refractivity contribution is 9.10. The smallest absolute Gasteiger partial charge is 0.169 e. The zero-order valence-electron chi connectivity index (χ0n) is 9.32. The number of aliphatic hydroxyl groups is 1. The Morgan fingerprint density at radius 1 is 1.00 bits per heavy atom. The van der Waals surface area contributed by atoms with Gasteiger partial charge in [0, 0.05) is 6.54 Å². The van der Waals surface area contributed by atoms with E-state index < -0.39 is 0 Å². The lowest BCUT2D eigenvalue weighted by molar-refractivity contribution is 0.282. The summed E-state index contributed by atoms with van der Waals surface area (Å²) in [5.74, 6) is 0.906. The Morgan fingerprint density at radius 2 is 1.71 bits per heavy atom. The Balaban J connectivity index is 1.81. The van der Waals surface area contributed by atoms with E-state index in [1.807, 2.05) is 36.4 Å². The van der Waals surface area contributed by atoms with Gasteiger partial charge in [0.05, 0.1) is 13.2 Å². The van der Waals surface area contributed by atoms with Crippen molar-refractivity contribution in [3.05, 3.63) is 58.0 Å². The summed E-state index contributed by atoms with van der Waals surface area (Å²) in [6, 6.07) is 11.7. The number of nitrogens with one attached hydrogen (secondary N) is 1. The molecule has 0 amide bonds. The molecule has 0 fully saturated rings. The molecule has 90 valence electrons. The SMILES string of the molecule is OCc1ccc(CNCc2ccc(Br)o2)cc1. The van der Waals surface area contributed by atoms with Crippen LogP contribution in [-0.4, -0.2) is 5.11 Å². The quantitative estimate of drug-likeness (QED) is 0.892. The monoisotopic (exact) mass is 295 g/mol. The summed E-state index contributed by atoms with van der Waals surface area (Å²) in [4.78, 5) is 0. The van der Waals surface area contributed by atoms with Crippen molar-refractivity contribution in [2.24, 2.45) is 0 Å². The third-order valence-corrected chi connectivity index (χ3v) is 2.89. The maximum Gasteiger partial charge on any atom is 0.169 e. The molecule has 1 aromatic heterocycles. The fourth-order valence-electron chi connectivity index (χ4n) is 1.54. The van der Waals surface area contributed by atoms with Crippen LogP contribution in [0.1, 0.15) is 16.9 Å². The van der Waals surface area contributed by atoms with Crippen LogP contribution in [0.4, 0.5) is 0 Å². The second-order valence-electron chi connectivity index (χ2n) is 3.78. The summed E-state index contributed by atoms with van der Waals surface area (Å²) in [6.45, 7) is 1.57. The minimum atomic E-state index is 0.0914. The number of hydrogen-bond acceptors (Lipinski definition) is 3. The van der Waals surface area contributed by atoms with Crippen LogP contribution in [0, 0.1) is 0 Å². The van der Waals surface area contributed by atoms with Gasteiger partial charge >= 0.3 is 0 Å². The normalized spacial score (nSPS) is 10.7. The highest BCUT2D eigenvalue weighted by Gasteiger charge is 1.99. The molecule has 17 heavy (non-hydrogen) atoms. The van der Waals surface area contributed by atoms with Crippen molar-refractivity contribution in [2.45, 2.75) is 19.7 Å². The predicted molar refractivity (Wildman–Crippen MR) is 69.3 cm³/mol. The zero-order chi connectivity index (χ0) is 12.1. The molecule has 1 heterocycles. The first-order valence-corrected chi connectivity index (χ1v) is 6.21. The predicted octanol–water partition coefficient (Wildman–Crippen LogP) is 2.82. The first-order valence-electron chi connectivity index (χ1n) is 5.41. The van der Waals surface area contributed by atoms with E-state index in [4.69, 9.17) is 9.52 Å². The van der Waals surface area contributed by atoms with Gasteiger partial charge < -0.3 is 14.8 Å². The van der Waals surface area contributed by atoms with Gasteiger partial charge in [-0.05, 0) is 39.2 Å². The van der Waals surface area contributed by atoms with Gasteiger partial charge in [-0.2, -0.15) is 0 Å². The van der Waals surface area contributed by atoms with E-state index in [1.54, 1.807) is 0 Å². The largest absolute Gasteiger partial charge is 0.453 e. The van der Waals surface area contributed by atoms with Crippen LogP contribution in [0.15, 0.2) is 45.5 Å². The average Bonchev–Trinajstić information content (AvgIpc) is 2.76.